The molecule has 16 heavy (non-hydrogen) atoms. The van der Waals surface area contributed by atoms with Crippen molar-refractivity contribution in [1.82, 2.24) is 9.78 Å². The highest BCUT2D eigenvalue weighted by atomic mass is 79.9. The van der Waals surface area contributed by atoms with Crippen molar-refractivity contribution in [1.29, 1.82) is 0 Å². The zero-order valence-corrected chi connectivity index (χ0v) is 10.9. The summed E-state index contributed by atoms with van der Waals surface area (Å²) in [7, 11) is 1.65. The van der Waals surface area contributed by atoms with E-state index >= 15 is 0 Å². The number of benzene rings is 1. The predicted molar refractivity (Wildman–Crippen MR) is 67.5 cm³/mol. The molecule has 2 aromatic rings. The van der Waals surface area contributed by atoms with E-state index in [4.69, 9.17) is 4.74 Å². The normalized spacial score (nSPS) is 10.4. The van der Waals surface area contributed by atoms with Gasteiger partial charge in [-0.05, 0) is 24.6 Å². The van der Waals surface area contributed by atoms with Crippen LogP contribution >= 0.6 is 15.9 Å². The Labute approximate surface area is 103 Å². The molecule has 1 aromatic carbocycles. The van der Waals surface area contributed by atoms with Crippen LogP contribution in [0.25, 0.3) is 5.69 Å². The molecule has 0 saturated carbocycles. The maximum atomic E-state index is 5.27. The van der Waals surface area contributed by atoms with Crippen LogP contribution in [-0.4, -0.2) is 16.9 Å². The zero-order valence-electron chi connectivity index (χ0n) is 9.27. The number of halogens is 1. The van der Waals surface area contributed by atoms with Gasteiger partial charge in [-0.1, -0.05) is 28.1 Å². The van der Waals surface area contributed by atoms with Crippen molar-refractivity contribution in [2.24, 2.45) is 0 Å². The van der Waals surface area contributed by atoms with Crippen molar-refractivity contribution in [2.75, 3.05) is 7.11 Å². The van der Waals surface area contributed by atoms with E-state index in [-0.39, 0.29) is 0 Å². The first-order valence-electron chi connectivity index (χ1n) is 5.00. The van der Waals surface area contributed by atoms with E-state index in [1.54, 1.807) is 11.8 Å². The maximum Gasteiger partial charge on any atom is 0.216 e. The molecule has 0 amide bonds. The molecule has 0 atom stereocenters. The monoisotopic (exact) mass is 280 g/mol. The minimum Gasteiger partial charge on any atom is -0.481 e. The first-order chi connectivity index (χ1) is 7.74. The second kappa shape index (κ2) is 4.70. The van der Waals surface area contributed by atoms with Crippen molar-refractivity contribution in [3.8, 4) is 11.6 Å². The molecule has 1 aromatic heterocycles. The number of rotatable bonds is 3. The molecule has 0 aliphatic carbocycles. The Hall–Kier alpha value is -1.29. The van der Waals surface area contributed by atoms with Crippen LogP contribution in [0.5, 0.6) is 5.88 Å². The fraction of sp³-hybridized carbons (Fsp3) is 0.250. The topological polar surface area (TPSA) is 27.1 Å². The molecule has 0 aliphatic heterocycles. The average Bonchev–Trinajstić information content (AvgIpc) is 2.70. The Balaban J connectivity index is 2.41. The molecule has 3 nitrogen and oxygen atoms in total. The standard InChI is InChI=1S/C12H13BrN2O/c1-9-7-12(16-2)15(14-9)11-5-3-10(8-13)4-6-11/h3-7H,8H2,1-2H3. The van der Waals surface area contributed by atoms with Gasteiger partial charge < -0.3 is 4.74 Å². The Morgan fingerprint density at radius 2 is 2.00 bits per heavy atom. The smallest absolute Gasteiger partial charge is 0.216 e. The number of alkyl halides is 1. The van der Waals surface area contributed by atoms with Gasteiger partial charge in [-0.25, -0.2) is 4.68 Å². The highest BCUT2D eigenvalue weighted by Gasteiger charge is 2.06. The Bertz CT molecular complexity index is 476. The van der Waals surface area contributed by atoms with Gasteiger partial charge in [-0.2, -0.15) is 5.10 Å². The largest absolute Gasteiger partial charge is 0.481 e. The maximum absolute atomic E-state index is 5.27. The van der Waals surface area contributed by atoms with Crippen LogP contribution in [0.1, 0.15) is 11.3 Å². The Morgan fingerprint density at radius 3 is 2.56 bits per heavy atom. The van der Waals surface area contributed by atoms with Crippen molar-refractivity contribution >= 4 is 15.9 Å². The second-order valence-electron chi connectivity index (χ2n) is 3.54. The minimum absolute atomic E-state index is 0.754. The number of ether oxygens (including phenoxy) is 1. The number of aryl methyl sites for hydroxylation is 1. The third kappa shape index (κ3) is 2.11. The van der Waals surface area contributed by atoms with Gasteiger partial charge in [0, 0.05) is 11.4 Å². The summed E-state index contributed by atoms with van der Waals surface area (Å²) in [4.78, 5) is 0. The van der Waals surface area contributed by atoms with Crippen molar-refractivity contribution < 1.29 is 4.74 Å². The Kier molecular flexibility index (Phi) is 3.29. The zero-order chi connectivity index (χ0) is 11.5. The van der Waals surface area contributed by atoms with Crippen LogP contribution in [0.15, 0.2) is 30.3 Å². The predicted octanol–water partition coefficient (Wildman–Crippen LogP) is 3.08. The van der Waals surface area contributed by atoms with Gasteiger partial charge >= 0.3 is 0 Å². The molecule has 0 radical (unpaired) electrons. The molecule has 0 unspecified atom stereocenters. The van der Waals surface area contributed by atoms with Gasteiger partial charge in [0.1, 0.15) is 0 Å². The SMILES string of the molecule is COc1cc(C)nn1-c1ccc(CBr)cc1. The van der Waals surface area contributed by atoms with Crippen LogP contribution in [0.4, 0.5) is 0 Å². The lowest BCUT2D eigenvalue weighted by molar-refractivity contribution is 0.383. The van der Waals surface area contributed by atoms with E-state index in [0.717, 1.165) is 22.6 Å². The lowest BCUT2D eigenvalue weighted by Gasteiger charge is -2.06. The molecular formula is C12H13BrN2O. The van der Waals surface area contributed by atoms with Gasteiger partial charge in [0.05, 0.1) is 18.5 Å². The van der Waals surface area contributed by atoms with Crippen molar-refractivity contribution in [3.63, 3.8) is 0 Å². The molecule has 84 valence electrons. The second-order valence-corrected chi connectivity index (χ2v) is 4.10. The number of hydrogen-bond acceptors (Lipinski definition) is 2. The molecule has 1 heterocycles. The van der Waals surface area contributed by atoms with Crippen LogP contribution in [0.2, 0.25) is 0 Å². The molecule has 0 saturated heterocycles. The summed E-state index contributed by atoms with van der Waals surface area (Å²) in [5.41, 5.74) is 3.20. The highest BCUT2D eigenvalue weighted by molar-refractivity contribution is 9.08. The average molecular weight is 281 g/mol. The van der Waals surface area contributed by atoms with E-state index < -0.39 is 0 Å². The van der Waals surface area contributed by atoms with E-state index in [2.05, 4.69) is 33.2 Å². The summed E-state index contributed by atoms with van der Waals surface area (Å²) in [6.45, 7) is 1.95. The van der Waals surface area contributed by atoms with Gasteiger partial charge in [0.25, 0.3) is 0 Å². The summed E-state index contributed by atoms with van der Waals surface area (Å²) in [5.74, 6) is 0.754. The van der Waals surface area contributed by atoms with Crippen molar-refractivity contribution in [3.05, 3.63) is 41.6 Å². The summed E-state index contributed by atoms with van der Waals surface area (Å²) in [5, 5.41) is 5.25. The van der Waals surface area contributed by atoms with Crippen LogP contribution in [-0.2, 0) is 5.33 Å². The number of nitrogens with zero attached hydrogens (tertiary/aromatic N) is 2. The molecular weight excluding hydrogens is 268 g/mol. The third-order valence-corrected chi connectivity index (χ3v) is 2.99. The number of aromatic nitrogens is 2. The molecule has 0 N–H and O–H groups in total. The van der Waals surface area contributed by atoms with Gasteiger partial charge in [-0.3, -0.25) is 0 Å². The van der Waals surface area contributed by atoms with E-state index in [1.807, 2.05) is 25.1 Å². The summed E-state index contributed by atoms with van der Waals surface area (Å²) < 4.78 is 7.07. The van der Waals surface area contributed by atoms with E-state index in [1.165, 1.54) is 5.56 Å². The first kappa shape index (κ1) is 11.2. The summed E-state index contributed by atoms with van der Waals surface area (Å²) in [6.07, 6.45) is 0. The van der Waals surface area contributed by atoms with Crippen LogP contribution < -0.4 is 4.74 Å². The van der Waals surface area contributed by atoms with Gasteiger partial charge in [0.15, 0.2) is 0 Å². The highest BCUT2D eigenvalue weighted by Crippen LogP contribution is 2.19. The first-order valence-corrected chi connectivity index (χ1v) is 6.12. The number of methoxy groups -OCH3 is 1. The molecule has 0 aliphatic rings. The molecule has 4 heteroatoms. The molecule has 0 fully saturated rings. The number of hydrogen-bond donors (Lipinski definition) is 0. The minimum atomic E-state index is 0.754. The summed E-state index contributed by atoms with van der Waals surface area (Å²) >= 11 is 3.42. The van der Waals surface area contributed by atoms with Crippen LogP contribution in [0, 0.1) is 6.92 Å². The summed E-state index contributed by atoms with van der Waals surface area (Å²) in [6, 6.07) is 10.1. The fourth-order valence-corrected chi connectivity index (χ4v) is 1.91. The third-order valence-electron chi connectivity index (χ3n) is 2.34. The Morgan fingerprint density at radius 1 is 1.31 bits per heavy atom. The molecule has 2 rings (SSSR count). The molecule has 0 bridgehead atoms. The van der Waals surface area contributed by atoms with E-state index in [0.29, 0.717) is 0 Å². The van der Waals surface area contributed by atoms with Crippen LogP contribution in [0.3, 0.4) is 0 Å². The molecule has 0 spiro atoms. The fourth-order valence-electron chi connectivity index (χ4n) is 1.53. The lowest BCUT2D eigenvalue weighted by Crippen LogP contribution is -1.99. The van der Waals surface area contributed by atoms with E-state index in [9.17, 15) is 0 Å². The van der Waals surface area contributed by atoms with Crippen molar-refractivity contribution in [2.45, 2.75) is 12.3 Å². The van der Waals surface area contributed by atoms with Gasteiger partial charge in [0.2, 0.25) is 5.88 Å². The quantitative estimate of drug-likeness (QED) is 0.808. The lowest BCUT2D eigenvalue weighted by atomic mass is 10.2. The van der Waals surface area contributed by atoms with Gasteiger partial charge in [-0.15, -0.1) is 0 Å².